The molecule has 0 spiro atoms. The Balaban J connectivity index is 1.77. The lowest BCUT2D eigenvalue weighted by Crippen LogP contribution is -2.15. The fraction of sp³-hybridized carbons (Fsp3) is 0.462. The number of carbonyl (C=O) groups excluding carboxylic acids is 1. The molecule has 1 aliphatic heterocycles. The molecule has 2 heterocycles. The monoisotopic (exact) mass is 245 g/mol. The highest BCUT2D eigenvalue weighted by molar-refractivity contribution is 5.89. The normalized spacial score (nSPS) is 18.3. The van der Waals surface area contributed by atoms with Crippen molar-refractivity contribution in [2.24, 2.45) is 0 Å². The maximum absolute atomic E-state index is 11.7. The van der Waals surface area contributed by atoms with Crippen LogP contribution in [0, 0.1) is 11.3 Å². The van der Waals surface area contributed by atoms with E-state index in [2.05, 4.69) is 10.3 Å². The van der Waals surface area contributed by atoms with Crippen molar-refractivity contribution in [2.75, 3.05) is 11.9 Å². The van der Waals surface area contributed by atoms with Crippen LogP contribution in [0.5, 0.6) is 0 Å². The summed E-state index contributed by atoms with van der Waals surface area (Å²) >= 11 is 0. The summed E-state index contributed by atoms with van der Waals surface area (Å²) in [5.74, 6) is 0.411. The minimum absolute atomic E-state index is 0.0669. The van der Waals surface area contributed by atoms with Gasteiger partial charge < -0.3 is 10.1 Å². The third kappa shape index (κ3) is 3.54. The molecule has 18 heavy (non-hydrogen) atoms. The van der Waals surface area contributed by atoms with Gasteiger partial charge in [-0.1, -0.05) is 0 Å². The molecule has 1 saturated heterocycles. The Labute approximate surface area is 106 Å². The van der Waals surface area contributed by atoms with Crippen LogP contribution < -0.4 is 5.32 Å². The van der Waals surface area contributed by atoms with Gasteiger partial charge in [0.15, 0.2) is 0 Å². The van der Waals surface area contributed by atoms with Crippen molar-refractivity contribution in [3.63, 3.8) is 0 Å². The van der Waals surface area contributed by atoms with Crippen LogP contribution in [0.25, 0.3) is 0 Å². The first-order chi connectivity index (χ1) is 8.78. The van der Waals surface area contributed by atoms with E-state index in [9.17, 15) is 4.79 Å². The molecule has 0 aromatic carbocycles. The zero-order valence-electron chi connectivity index (χ0n) is 10.1. The van der Waals surface area contributed by atoms with Crippen molar-refractivity contribution in [2.45, 2.75) is 31.8 Å². The number of nitriles is 1. The summed E-state index contributed by atoms with van der Waals surface area (Å²) in [7, 11) is 0. The Hall–Kier alpha value is -1.93. The average Bonchev–Trinajstić information content (AvgIpc) is 2.90. The van der Waals surface area contributed by atoms with Gasteiger partial charge in [0.25, 0.3) is 0 Å². The number of amides is 1. The molecule has 1 aromatic rings. The van der Waals surface area contributed by atoms with E-state index in [1.807, 2.05) is 6.07 Å². The predicted octanol–water partition coefficient (Wildman–Crippen LogP) is 1.85. The summed E-state index contributed by atoms with van der Waals surface area (Å²) in [4.78, 5) is 15.6. The van der Waals surface area contributed by atoms with Crippen LogP contribution in [0.15, 0.2) is 18.3 Å². The summed E-state index contributed by atoms with van der Waals surface area (Å²) < 4.78 is 5.45. The molecule has 1 aliphatic rings. The molecule has 2 rings (SSSR count). The fourth-order valence-corrected chi connectivity index (χ4v) is 1.90. The van der Waals surface area contributed by atoms with Crippen LogP contribution >= 0.6 is 0 Å². The Morgan fingerprint density at radius 3 is 3.11 bits per heavy atom. The molecule has 1 fully saturated rings. The molecule has 1 amide bonds. The van der Waals surface area contributed by atoms with Crippen molar-refractivity contribution < 1.29 is 9.53 Å². The Morgan fingerprint density at radius 2 is 2.50 bits per heavy atom. The van der Waals surface area contributed by atoms with Crippen molar-refractivity contribution in [1.82, 2.24) is 4.98 Å². The van der Waals surface area contributed by atoms with Gasteiger partial charge in [0.1, 0.15) is 11.9 Å². The lowest BCUT2D eigenvalue weighted by molar-refractivity contribution is -0.116. The van der Waals surface area contributed by atoms with Crippen LogP contribution in [-0.2, 0) is 9.53 Å². The molecule has 5 heteroatoms. The van der Waals surface area contributed by atoms with Gasteiger partial charge >= 0.3 is 0 Å². The van der Waals surface area contributed by atoms with E-state index in [1.165, 1.54) is 6.20 Å². The summed E-state index contributed by atoms with van der Waals surface area (Å²) in [6.07, 6.45) is 4.99. The van der Waals surface area contributed by atoms with Gasteiger partial charge in [0, 0.05) is 19.2 Å². The van der Waals surface area contributed by atoms with Crippen molar-refractivity contribution in [1.29, 1.82) is 5.26 Å². The highest BCUT2D eigenvalue weighted by Gasteiger charge is 2.16. The molecule has 1 N–H and O–H groups in total. The molecule has 0 saturated carbocycles. The van der Waals surface area contributed by atoms with E-state index in [0.29, 0.717) is 17.8 Å². The molecule has 5 nitrogen and oxygen atoms in total. The third-order valence-corrected chi connectivity index (χ3v) is 2.88. The van der Waals surface area contributed by atoms with Crippen molar-refractivity contribution in [3.05, 3.63) is 23.9 Å². The standard InChI is InChI=1S/C13H15N3O2/c14-8-10-3-5-12(15-9-10)16-13(17)6-4-11-2-1-7-18-11/h3,5,9,11H,1-2,4,6-7H2,(H,15,16,17). The number of anilines is 1. The van der Waals surface area contributed by atoms with E-state index in [0.717, 1.165) is 25.9 Å². The highest BCUT2D eigenvalue weighted by Crippen LogP contribution is 2.17. The van der Waals surface area contributed by atoms with Gasteiger partial charge in [-0.05, 0) is 31.4 Å². The average molecular weight is 245 g/mol. The van der Waals surface area contributed by atoms with Gasteiger partial charge in [-0.3, -0.25) is 4.79 Å². The molecule has 94 valence electrons. The number of aromatic nitrogens is 1. The van der Waals surface area contributed by atoms with Crippen molar-refractivity contribution >= 4 is 11.7 Å². The largest absolute Gasteiger partial charge is 0.378 e. The van der Waals surface area contributed by atoms with Gasteiger partial charge in [-0.15, -0.1) is 0 Å². The number of hydrogen-bond acceptors (Lipinski definition) is 4. The molecule has 1 atom stereocenters. The number of pyridine rings is 1. The van der Waals surface area contributed by atoms with E-state index in [-0.39, 0.29) is 12.0 Å². The predicted molar refractivity (Wildman–Crippen MR) is 65.8 cm³/mol. The SMILES string of the molecule is N#Cc1ccc(NC(=O)CCC2CCCO2)nc1. The number of rotatable bonds is 4. The van der Waals surface area contributed by atoms with Crippen LogP contribution in [0.2, 0.25) is 0 Å². The first kappa shape index (κ1) is 12.5. The topological polar surface area (TPSA) is 75.0 Å². The van der Waals surface area contributed by atoms with E-state index >= 15 is 0 Å². The van der Waals surface area contributed by atoms with E-state index in [4.69, 9.17) is 10.00 Å². The Morgan fingerprint density at radius 1 is 1.61 bits per heavy atom. The zero-order chi connectivity index (χ0) is 12.8. The van der Waals surface area contributed by atoms with Gasteiger partial charge in [-0.25, -0.2) is 4.98 Å². The number of ether oxygens (including phenoxy) is 1. The smallest absolute Gasteiger partial charge is 0.225 e. The second-order valence-electron chi connectivity index (χ2n) is 4.27. The van der Waals surface area contributed by atoms with Gasteiger partial charge in [-0.2, -0.15) is 5.26 Å². The minimum Gasteiger partial charge on any atom is -0.378 e. The number of carbonyl (C=O) groups is 1. The number of hydrogen-bond donors (Lipinski definition) is 1. The maximum Gasteiger partial charge on any atom is 0.225 e. The number of nitrogens with zero attached hydrogens (tertiary/aromatic N) is 2. The third-order valence-electron chi connectivity index (χ3n) is 2.88. The summed E-state index contributed by atoms with van der Waals surface area (Å²) in [5, 5.41) is 11.3. The second kappa shape index (κ2) is 6.12. The first-order valence-corrected chi connectivity index (χ1v) is 6.05. The fourth-order valence-electron chi connectivity index (χ4n) is 1.90. The summed E-state index contributed by atoms with van der Waals surface area (Å²) in [6, 6.07) is 5.23. The maximum atomic E-state index is 11.7. The molecular weight excluding hydrogens is 230 g/mol. The number of nitrogens with one attached hydrogen (secondary N) is 1. The molecule has 1 unspecified atom stereocenters. The molecule has 1 aromatic heterocycles. The van der Waals surface area contributed by atoms with Crippen molar-refractivity contribution in [3.8, 4) is 6.07 Å². The van der Waals surface area contributed by atoms with E-state index in [1.54, 1.807) is 12.1 Å². The molecule has 0 bridgehead atoms. The molecule has 0 radical (unpaired) electrons. The molecule has 0 aliphatic carbocycles. The van der Waals surface area contributed by atoms with Crippen LogP contribution in [0.3, 0.4) is 0 Å². The lowest BCUT2D eigenvalue weighted by atomic mass is 10.1. The Bertz CT molecular complexity index is 444. The summed E-state index contributed by atoms with van der Waals surface area (Å²) in [6.45, 7) is 0.809. The molecular formula is C13H15N3O2. The highest BCUT2D eigenvalue weighted by atomic mass is 16.5. The first-order valence-electron chi connectivity index (χ1n) is 6.05. The van der Waals surface area contributed by atoms with Crippen LogP contribution in [0.4, 0.5) is 5.82 Å². The minimum atomic E-state index is -0.0669. The quantitative estimate of drug-likeness (QED) is 0.878. The second-order valence-corrected chi connectivity index (χ2v) is 4.27. The zero-order valence-corrected chi connectivity index (χ0v) is 10.1. The van der Waals surface area contributed by atoms with Gasteiger partial charge in [0.2, 0.25) is 5.91 Å². The van der Waals surface area contributed by atoms with E-state index < -0.39 is 0 Å². The Kier molecular flexibility index (Phi) is 4.26. The summed E-state index contributed by atoms with van der Waals surface area (Å²) in [5.41, 5.74) is 0.479. The van der Waals surface area contributed by atoms with Gasteiger partial charge in [0.05, 0.1) is 11.7 Å². The van der Waals surface area contributed by atoms with Crippen LogP contribution in [-0.4, -0.2) is 23.6 Å². The lowest BCUT2D eigenvalue weighted by Gasteiger charge is -2.08. The van der Waals surface area contributed by atoms with Crippen LogP contribution in [0.1, 0.15) is 31.2 Å².